The van der Waals surface area contributed by atoms with Crippen LogP contribution >= 0.6 is 0 Å². The molecule has 1 N–H and O–H groups in total. The quantitative estimate of drug-likeness (QED) is 0.939. The second kappa shape index (κ2) is 6.23. The summed E-state index contributed by atoms with van der Waals surface area (Å²) in [4.78, 5) is 20.9. The number of fused-ring (bicyclic) bond motifs is 1. The van der Waals surface area contributed by atoms with Gasteiger partial charge in [-0.25, -0.2) is 9.97 Å². The molecule has 2 heterocycles. The number of carbonyl (C=O) groups is 1. The molecule has 0 radical (unpaired) electrons. The van der Waals surface area contributed by atoms with Crippen LogP contribution in [0.2, 0.25) is 0 Å². The molecule has 5 heteroatoms. The predicted octanol–water partition coefficient (Wildman–Crippen LogP) is 3.36. The lowest BCUT2D eigenvalue weighted by atomic mass is 9.92. The van der Waals surface area contributed by atoms with Crippen molar-refractivity contribution in [3.63, 3.8) is 0 Å². The Hall–Kier alpha value is -2.43. The van der Waals surface area contributed by atoms with Crippen LogP contribution < -0.4 is 5.32 Å². The molecule has 124 valence electrons. The van der Waals surface area contributed by atoms with Gasteiger partial charge in [-0.05, 0) is 57.1 Å². The highest BCUT2D eigenvalue weighted by atomic mass is 16.1. The number of rotatable bonds is 4. The molecule has 5 nitrogen and oxygen atoms in total. The number of hydrogen-bond acceptors (Lipinski definition) is 3. The molecular formula is C19H22N4O. The molecule has 1 amide bonds. The van der Waals surface area contributed by atoms with Crippen LogP contribution in [0, 0.1) is 6.92 Å². The molecule has 0 aromatic carbocycles. The van der Waals surface area contributed by atoms with Crippen LogP contribution in [-0.4, -0.2) is 26.8 Å². The number of imidazole rings is 1. The van der Waals surface area contributed by atoms with E-state index in [-0.39, 0.29) is 5.91 Å². The molecule has 0 bridgehead atoms. The maximum absolute atomic E-state index is 12.4. The first kappa shape index (κ1) is 15.1. The van der Waals surface area contributed by atoms with E-state index in [9.17, 15) is 4.79 Å². The third kappa shape index (κ3) is 2.75. The SMILES string of the molecule is Cc1ccnc2c(C(=O)NCCC3=CC4=C(CCC4)CC3)ncn12. The van der Waals surface area contributed by atoms with Crippen molar-refractivity contribution in [2.75, 3.05) is 6.54 Å². The average molecular weight is 322 g/mol. The highest BCUT2D eigenvalue weighted by Crippen LogP contribution is 2.36. The van der Waals surface area contributed by atoms with Gasteiger partial charge in [-0.2, -0.15) is 0 Å². The Kier molecular flexibility index (Phi) is 3.92. The summed E-state index contributed by atoms with van der Waals surface area (Å²) in [6, 6.07) is 1.90. The molecule has 0 saturated carbocycles. The zero-order valence-electron chi connectivity index (χ0n) is 14.0. The standard InChI is InChI=1S/C19H22N4O/c1-13-7-9-20-18-17(22-12-23(13)18)19(24)21-10-8-14-5-6-15-3-2-4-16(15)11-14/h7,9,11-12H,2-6,8,10H2,1H3,(H,21,24). The van der Waals surface area contributed by atoms with Crippen LogP contribution in [0.15, 0.2) is 41.4 Å². The number of aromatic nitrogens is 3. The summed E-state index contributed by atoms with van der Waals surface area (Å²) in [5.74, 6) is -0.146. The Morgan fingerprint density at radius 1 is 1.25 bits per heavy atom. The van der Waals surface area contributed by atoms with Gasteiger partial charge in [0, 0.05) is 18.4 Å². The van der Waals surface area contributed by atoms with Crippen LogP contribution in [0.5, 0.6) is 0 Å². The third-order valence-electron chi connectivity index (χ3n) is 5.09. The maximum atomic E-state index is 12.4. The van der Waals surface area contributed by atoms with Crippen molar-refractivity contribution in [2.24, 2.45) is 0 Å². The second-order valence-corrected chi connectivity index (χ2v) is 6.66. The number of nitrogens with zero attached hydrogens (tertiary/aromatic N) is 3. The zero-order valence-corrected chi connectivity index (χ0v) is 14.0. The molecule has 4 rings (SSSR count). The van der Waals surface area contributed by atoms with E-state index in [2.05, 4.69) is 21.4 Å². The van der Waals surface area contributed by atoms with Crippen molar-refractivity contribution < 1.29 is 4.79 Å². The first-order valence-corrected chi connectivity index (χ1v) is 8.69. The molecule has 0 fully saturated rings. The number of allylic oxidation sites excluding steroid dienone is 3. The van der Waals surface area contributed by atoms with Crippen molar-refractivity contribution in [1.29, 1.82) is 0 Å². The van der Waals surface area contributed by atoms with Gasteiger partial charge in [-0.1, -0.05) is 17.2 Å². The first-order chi connectivity index (χ1) is 11.7. The van der Waals surface area contributed by atoms with Crippen LogP contribution in [-0.2, 0) is 0 Å². The number of aryl methyl sites for hydroxylation is 1. The summed E-state index contributed by atoms with van der Waals surface area (Å²) in [6.07, 6.45) is 12.8. The Balaban J connectivity index is 1.39. The van der Waals surface area contributed by atoms with Crippen molar-refractivity contribution in [2.45, 2.75) is 45.4 Å². The summed E-state index contributed by atoms with van der Waals surface area (Å²) in [6.45, 7) is 2.62. The Bertz CT molecular complexity index is 859. The van der Waals surface area contributed by atoms with Crippen LogP contribution in [0.1, 0.15) is 54.7 Å². The lowest BCUT2D eigenvalue weighted by Crippen LogP contribution is -2.25. The van der Waals surface area contributed by atoms with Gasteiger partial charge in [0.2, 0.25) is 0 Å². The summed E-state index contributed by atoms with van der Waals surface area (Å²) < 4.78 is 1.84. The third-order valence-corrected chi connectivity index (χ3v) is 5.09. The van der Waals surface area contributed by atoms with Crippen molar-refractivity contribution in [3.05, 3.63) is 52.8 Å². The van der Waals surface area contributed by atoms with Crippen LogP contribution in [0.3, 0.4) is 0 Å². The Morgan fingerprint density at radius 3 is 3.08 bits per heavy atom. The van der Waals surface area contributed by atoms with E-state index < -0.39 is 0 Å². The normalized spacial score (nSPS) is 17.1. The fourth-order valence-corrected chi connectivity index (χ4v) is 3.72. The lowest BCUT2D eigenvalue weighted by Gasteiger charge is -2.15. The summed E-state index contributed by atoms with van der Waals surface area (Å²) in [5, 5.41) is 2.99. The molecule has 0 aliphatic heterocycles. The number of hydrogen-bond donors (Lipinski definition) is 1. The monoisotopic (exact) mass is 322 g/mol. The van der Waals surface area contributed by atoms with E-state index >= 15 is 0 Å². The Labute approximate surface area is 141 Å². The van der Waals surface area contributed by atoms with Gasteiger partial charge in [0.05, 0.1) is 0 Å². The molecule has 0 saturated heterocycles. The summed E-state index contributed by atoms with van der Waals surface area (Å²) >= 11 is 0. The summed E-state index contributed by atoms with van der Waals surface area (Å²) in [7, 11) is 0. The van der Waals surface area contributed by atoms with E-state index in [1.165, 1.54) is 31.3 Å². The number of nitrogens with one attached hydrogen (secondary N) is 1. The van der Waals surface area contributed by atoms with Crippen LogP contribution in [0.25, 0.3) is 5.65 Å². The Morgan fingerprint density at radius 2 is 2.17 bits per heavy atom. The molecule has 0 spiro atoms. The van der Waals surface area contributed by atoms with Gasteiger partial charge in [0.15, 0.2) is 11.3 Å². The highest BCUT2D eigenvalue weighted by Gasteiger charge is 2.18. The van der Waals surface area contributed by atoms with Gasteiger partial charge in [-0.15, -0.1) is 0 Å². The van der Waals surface area contributed by atoms with Gasteiger partial charge < -0.3 is 5.32 Å². The molecule has 0 atom stereocenters. The van der Waals surface area contributed by atoms with E-state index in [4.69, 9.17) is 0 Å². The van der Waals surface area contributed by atoms with Crippen molar-refractivity contribution in [1.82, 2.24) is 19.7 Å². The fourth-order valence-electron chi connectivity index (χ4n) is 3.72. The zero-order chi connectivity index (χ0) is 16.5. The minimum atomic E-state index is -0.146. The fraction of sp³-hybridized carbons (Fsp3) is 0.421. The van der Waals surface area contributed by atoms with Gasteiger partial charge in [-0.3, -0.25) is 9.20 Å². The molecule has 2 aromatic rings. The molecule has 2 aliphatic carbocycles. The first-order valence-electron chi connectivity index (χ1n) is 8.69. The molecular weight excluding hydrogens is 300 g/mol. The highest BCUT2D eigenvalue weighted by molar-refractivity contribution is 5.97. The number of carbonyl (C=O) groups excluding carboxylic acids is 1. The smallest absolute Gasteiger partial charge is 0.273 e. The van der Waals surface area contributed by atoms with Crippen LogP contribution in [0.4, 0.5) is 0 Å². The topological polar surface area (TPSA) is 59.3 Å². The largest absolute Gasteiger partial charge is 0.350 e. The maximum Gasteiger partial charge on any atom is 0.273 e. The minimum Gasteiger partial charge on any atom is -0.350 e. The van der Waals surface area contributed by atoms with Gasteiger partial charge >= 0.3 is 0 Å². The lowest BCUT2D eigenvalue weighted by molar-refractivity contribution is 0.0951. The molecule has 2 aliphatic rings. The average Bonchev–Trinajstić information content (AvgIpc) is 3.21. The van der Waals surface area contributed by atoms with Crippen molar-refractivity contribution >= 4 is 11.6 Å². The molecule has 24 heavy (non-hydrogen) atoms. The van der Waals surface area contributed by atoms with E-state index in [1.807, 2.05) is 17.4 Å². The molecule has 2 aromatic heterocycles. The van der Waals surface area contributed by atoms with Crippen molar-refractivity contribution in [3.8, 4) is 0 Å². The predicted molar refractivity (Wildman–Crippen MR) is 92.9 cm³/mol. The van der Waals surface area contributed by atoms with E-state index in [1.54, 1.807) is 23.7 Å². The molecule has 0 unspecified atom stereocenters. The van der Waals surface area contributed by atoms with Gasteiger partial charge in [0.1, 0.15) is 6.33 Å². The van der Waals surface area contributed by atoms with Gasteiger partial charge in [0.25, 0.3) is 5.91 Å². The van der Waals surface area contributed by atoms with E-state index in [0.29, 0.717) is 17.9 Å². The number of amides is 1. The second-order valence-electron chi connectivity index (χ2n) is 6.66. The summed E-state index contributed by atoms with van der Waals surface area (Å²) in [5.41, 5.74) is 6.71. The minimum absolute atomic E-state index is 0.146. The van der Waals surface area contributed by atoms with E-state index in [0.717, 1.165) is 18.5 Å².